The van der Waals surface area contributed by atoms with Gasteiger partial charge in [0.15, 0.2) is 5.09 Å². The first-order valence-electron chi connectivity index (χ1n) is 5.52. The summed E-state index contributed by atoms with van der Waals surface area (Å²) in [5.41, 5.74) is -0.264. The smallest absolute Gasteiger partial charge is 0.160 e. The Balaban J connectivity index is 2.21. The van der Waals surface area contributed by atoms with Crippen LogP contribution in [0.25, 0.3) is 0 Å². The Bertz CT molecular complexity index is 383. The van der Waals surface area contributed by atoms with Gasteiger partial charge in [-0.15, -0.1) is 6.42 Å². The van der Waals surface area contributed by atoms with Crippen LogP contribution in [-0.2, 0) is 10.3 Å². The number of hydrogen-bond acceptors (Lipinski definition) is 3. The van der Waals surface area contributed by atoms with Crippen molar-refractivity contribution in [1.82, 2.24) is 0 Å². The first-order chi connectivity index (χ1) is 7.80. The van der Waals surface area contributed by atoms with Gasteiger partial charge in [-0.05, 0) is 44.1 Å². The Morgan fingerprint density at radius 3 is 2.81 bits per heavy atom. The summed E-state index contributed by atoms with van der Waals surface area (Å²) in [6.07, 6.45) is 11.7. The molecule has 86 valence electrons. The van der Waals surface area contributed by atoms with Crippen LogP contribution < -0.4 is 0 Å². The average Bonchev–Trinajstić information content (AvgIpc) is 2.95. The molecular weight excluding hydrogens is 220 g/mol. The third-order valence-corrected chi connectivity index (χ3v) is 3.70. The second-order valence-electron chi connectivity index (χ2n) is 4.02. The summed E-state index contributed by atoms with van der Waals surface area (Å²) in [7, 11) is 0. The molecule has 0 bridgehead atoms. The van der Waals surface area contributed by atoms with Crippen LogP contribution in [0.4, 0.5) is 0 Å². The summed E-state index contributed by atoms with van der Waals surface area (Å²) in [5.74, 6) is 3.48. The van der Waals surface area contributed by atoms with E-state index in [1.807, 2.05) is 18.4 Å². The fourth-order valence-corrected chi connectivity index (χ4v) is 2.64. The Hall–Kier alpha value is -0.850. The van der Waals surface area contributed by atoms with Gasteiger partial charge in [-0.25, -0.2) is 0 Å². The molecule has 0 saturated heterocycles. The zero-order valence-corrected chi connectivity index (χ0v) is 10.3. The molecule has 1 fully saturated rings. The zero-order chi connectivity index (χ0) is 11.4. The highest BCUT2D eigenvalue weighted by atomic mass is 32.2. The SMILES string of the molecule is C#CCOC1(c2ccc(SC)o2)CCCC1. The van der Waals surface area contributed by atoms with Crippen LogP contribution in [-0.4, -0.2) is 12.9 Å². The van der Waals surface area contributed by atoms with Crippen LogP contribution in [0, 0.1) is 12.3 Å². The van der Waals surface area contributed by atoms with Crippen molar-refractivity contribution in [2.24, 2.45) is 0 Å². The molecule has 16 heavy (non-hydrogen) atoms. The van der Waals surface area contributed by atoms with E-state index in [0.717, 1.165) is 23.7 Å². The van der Waals surface area contributed by atoms with Gasteiger partial charge in [0.25, 0.3) is 0 Å². The molecular formula is C13H16O2S. The van der Waals surface area contributed by atoms with Crippen LogP contribution in [0.2, 0.25) is 0 Å². The molecule has 0 N–H and O–H groups in total. The van der Waals surface area contributed by atoms with Crippen LogP contribution >= 0.6 is 11.8 Å². The van der Waals surface area contributed by atoms with Crippen LogP contribution in [0.15, 0.2) is 21.6 Å². The van der Waals surface area contributed by atoms with E-state index in [9.17, 15) is 0 Å². The van der Waals surface area contributed by atoms with E-state index in [1.165, 1.54) is 12.8 Å². The van der Waals surface area contributed by atoms with E-state index in [1.54, 1.807) is 11.8 Å². The molecule has 0 radical (unpaired) electrons. The molecule has 0 unspecified atom stereocenters. The first kappa shape index (κ1) is 11.6. The fourth-order valence-electron chi connectivity index (χ4n) is 2.26. The molecule has 1 saturated carbocycles. The van der Waals surface area contributed by atoms with Crippen molar-refractivity contribution in [3.8, 4) is 12.3 Å². The Morgan fingerprint density at radius 1 is 1.50 bits per heavy atom. The van der Waals surface area contributed by atoms with Crippen molar-refractivity contribution in [3.05, 3.63) is 17.9 Å². The highest BCUT2D eigenvalue weighted by Crippen LogP contribution is 2.43. The molecule has 3 heteroatoms. The predicted octanol–water partition coefficient (Wildman–Crippen LogP) is 3.42. The largest absolute Gasteiger partial charge is 0.452 e. The van der Waals surface area contributed by atoms with Gasteiger partial charge in [-0.3, -0.25) is 0 Å². The average molecular weight is 236 g/mol. The Morgan fingerprint density at radius 2 is 2.25 bits per heavy atom. The van der Waals surface area contributed by atoms with Gasteiger partial charge < -0.3 is 9.15 Å². The number of thioether (sulfide) groups is 1. The number of furan rings is 1. The maximum absolute atomic E-state index is 5.84. The normalized spacial score (nSPS) is 18.5. The summed E-state index contributed by atoms with van der Waals surface area (Å²) >= 11 is 1.61. The van der Waals surface area contributed by atoms with Crippen molar-refractivity contribution in [2.45, 2.75) is 36.4 Å². The molecule has 0 atom stereocenters. The first-order valence-corrected chi connectivity index (χ1v) is 6.75. The molecule has 1 aromatic rings. The minimum absolute atomic E-state index is 0.264. The van der Waals surface area contributed by atoms with Crippen molar-refractivity contribution < 1.29 is 9.15 Å². The quantitative estimate of drug-likeness (QED) is 0.591. The lowest BCUT2D eigenvalue weighted by molar-refractivity contribution is -0.0457. The van der Waals surface area contributed by atoms with Crippen molar-refractivity contribution >= 4 is 11.8 Å². The second-order valence-corrected chi connectivity index (χ2v) is 4.83. The minimum atomic E-state index is -0.264. The van der Waals surface area contributed by atoms with Gasteiger partial charge in [0, 0.05) is 0 Å². The lowest BCUT2D eigenvalue weighted by Gasteiger charge is -2.25. The van der Waals surface area contributed by atoms with Crippen LogP contribution in [0.5, 0.6) is 0 Å². The molecule has 2 rings (SSSR count). The van der Waals surface area contributed by atoms with E-state index in [2.05, 4.69) is 5.92 Å². The minimum Gasteiger partial charge on any atom is -0.452 e. The number of hydrogen-bond donors (Lipinski definition) is 0. The number of rotatable bonds is 4. The van der Waals surface area contributed by atoms with Gasteiger partial charge in [-0.2, -0.15) is 0 Å². The standard InChI is InChI=1S/C13H16O2S/c1-3-10-14-13(8-4-5-9-13)11-6-7-12(15-11)16-2/h1,6-7H,4-5,8-10H2,2H3. The van der Waals surface area contributed by atoms with Crippen molar-refractivity contribution in [2.75, 3.05) is 12.9 Å². The predicted molar refractivity (Wildman–Crippen MR) is 65.4 cm³/mol. The van der Waals surface area contributed by atoms with Crippen LogP contribution in [0.3, 0.4) is 0 Å². The summed E-state index contributed by atoms with van der Waals surface area (Å²) < 4.78 is 11.6. The zero-order valence-electron chi connectivity index (χ0n) is 9.49. The van der Waals surface area contributed by atoms with Gasteiger partial charge >= 0.3 is 0 Å². The molecule has 0 aliphatic heterocycles. The molecule has 1 aromatic heterocycles. The molecule has 0 spiro atoms. The lowest BCUT2D eigenvalue weighted by Crippen LogP contribution is -2.25. The highest BCUT2D eigenvalue weighted by molar-refractivity contribution is 7.98. The van der Waals surface area contributed by atoms with E-state index in [4.69, 9.17) is 15.6 Å². The summed E-state index contributed by atoms with van der Waals surface area (Å²) in [5, 5.41) is 0.936. The molecule has 1 aliphatic rings. The van der Waals surface area contributed by atoms with Crippen LogP contribution in [0.1, 0.15) is 31.4 Å². The third-order valence-electron chi connectivity index (χ3n) is 3.07. The summed E-state index contributed by atoms with van der Waals surface area (Å²) in [4.78, 5) is 0. The topological polar surface area (TPSA) is 22.4 Å². The fraction of sp³-hybridized carbons (Fsp3) is 0.538. The maximum atomic E-state index is 5.84. The van der Waals surface area contributed by atoms with Gasteiger partial charge in [-0.1, -0.05) is 17.7 Å². The monoisotopic (exact) mass is 236 g/mol. The third kappa shape index (κ3) is 2.14. The molecule has 1 heterocycles. The van der Waals surface area contributed by atoms with Gasteiger partial charge in [0.2, 0.25) is 0 Å². The molecule has 1 aliphatic carbocycles. The van der Waals surface area contributed by atoms with E-state index >= 15 is 0 Å². The van der Waals surface area contributed by atoms with E-state index in [-0.39, 0.29) is 5.60 Å². The van der Waals surface area contributed by atoms with Gasteiger partial charge in [0.05, 0.1) is 0 Å². The second kappa shape index (κ2) is 4.99. The lowest BCUT2D eigenvalue weighted by atomic mass is 9.99. The number of ether oxygens (including phenoxy) is 1. The molecule has 2 nitrogen and oxygen atoms in total. The van der Waals surface area contributed by atoms with Gasteiger partial charge in [0.1, 0.15) is 18.0 Å². The number of terminal acetylenes is 1. The van der Waals surface area contributed by atoms with Crippen molar-refractivity contribution in [1.29, 1.82) is 0 Å². The maximum Gasteiger partial charge on any atom is 0.160 e. The Labute approximate surface area is 101 Å². The molecule has 0 amide bonds. The highest BCUT2D eigenvalue weighted by Gasteiger charge is 2.39. The Kier molecular flexibility index (Phi) is 3.63. The molecule has 0 aromatic carbocycles. The van der Waals surface area contributed by atoms with E-state index in [0.29, 0.717) is 6.61 Å². The van der Waals surface area contributed by atoms with E-state index < -0.39 is 0 Å². The summed E-state index contributed by atoms with van der Waals surface area (Å²) in [6, 6.07) is 4.02. The van der Waals surface area contributed by atoms with Crippen molar-refractivity contribution in [3.63, 3.8) is 0 Å². The summed E-state index contributed by atoms with van der Waals surface area (Å²) in [6.45, 7) is 0.356.